The van der Waals surface area contributed by atoms with Crippen LogP contribution in [0.3, 0.4) is 0 Å². The average Bonchev–Trinajstić information content (AvgIpc) is 3.17. The number of thiazole rings is 1. The highest BCUT2D eigenvalue weighted by atomic mass is 35.5. The van der Waals surface area contributed by atoms with Gasteiger partial charge in [-0.05, 0) is 50.1 Å². The van der Waals surface area contributed by atoms with Gasteiger partial charge in [-0.25, -0.2) is 9.79 Å². The Bertz CT molecular complexity index is 1580. The lowest BCUT2D eigenvalue weighted by Gasteiger charge is -2.24. The van der Waals surface area contributed by atoms with Gasteiger partial charge in [0.2, 0.25) is 0 Å². The predicted molar refractivity (Wildman–Crippen MR) is 144 cm³/mol. The molecule has 7 nitrogen and oxygen atoms in total. The van der Waals surface area contributed by atoms with Crippen LogP contribution in [0, 0.1) is 12.3 Å². The van der Waals surface area contributed by atoms with Gasteiger partial charge in [-0.3, -0.25) is 9.36 Å². The number of benzene rings is 2. The molecule has 3 aromatic rings. The zero-order valence-corrected chi connectivity index (χ0v) is 22.2. The van der Waals surface area contributed by atoms with Gasteiger partial charge in [0.15, 0.2) is 16.3 Å². The molecule has 1 aliphatic heterocycles. The van der Waals surface area contributed by atoms with Crippen LogP contribution in [0.5, 0.6) is 11.5 Å². The van der Waals surface area contributed by atoms with E-state index in [1.165, 1.54) is 11.3 Å². The third-order valence-electron chi connectivity index (χ3n) is 5.56. The van der Waals surface area contributed by atoms with E-state index in [-0.39, 0.29) is 18.8 Å². The summed E-state index contributed by atoms with van der Waals surface area (Å²) in [5.74, 6) is 2.68. The molecule has 1 aromatic heterocycles. The van der Waals surface area contributed by atoms with E-state index in [0.717, 1.165) is 5.56 Å². The van der Waals surface area contributed by atoms with Crippen LogP contribution in [0.15, 0.2) is 63.5 Å². The maximum absolute atomic E-state index is 13.7. The molecule has 190 valence electrons. The summed E-state index contributed by atoms with van der Waals surface area (Å²) in [5.41, 5.74) is 1.99. The second-order valence-electron chi connectivity index (χ2n) is 7.97. The number of terminal acetylenes is 1. The quantitative estimate of drug-likeness (QED) is 0.323. The number of carbonyl (C=O) groups excluding carboxylic acids is 1. The van der Waals surface area contributed by atoms with Crippen LogP contribution in [0.4, 0.5) is 0 Å². The zero-order chi connectivity index (χ0) is 26.5. The molecule has 4 rings (SSSR count). The summed E-state index contributed by atoms with van der Waals surface area (Å²) in [6, 6.07) is 12.1. The molecule has 1 aliphatic rings. The van der Waals surface area contributed by atoms with Crippen molar-refractivity contribution in [3.8, 4) is 23.8 Å². The minimum atomic E-state index is -0.666. The van der Waals surface area contributed by atoms with Crippen LogP contribution < -0.4 is 24.4 Å². The molecule has 0 N–H and O–H groups in total. The molecule has 37 heavy (non-hydrogen) atoms. The number of hydrogen-bond donors (Lipinski definition) is 0. The van der Waals surface area contributed by atoms with Gasteiger partial charge < -0.3 is 14.2 Å². The molecule has 2 aromatic carbocycles. The lowest BCUT2D eigenvalue weighted by atomic mass is 9.96. The fourth-order valence-electron chi connectivity index (χ4n) is 4.08. The molecule has 0 bridgehead atoms. The second-order valence-corrected chi connectivity index (χ2v) is 9.39. The van der Waals surface area contributed by atoms with Crippen molar-refractivity contribution in [3.63, 3.8) is 0 Å². The number of fused-ring (bicyclic) bond motifs is 1. The number of ether oxygens (including phenoxy) is 3. The van der Waals surface area contributed by atoms with Crippen molar-refractivity contribution >= 4 is 35.0 Å². The van der Waals surface area contributed by atoms with Crippen LogP contribution in [0.25, 0.3) is 6.08 Å². The highest BCUT2D eigenvalue weighted by Gasteiger charge is 2.33. The number of hydrogen-bond acceptors (Lipinski definition) is 7. The fourth-order valence-corrected chi connectivity index (χ4v) is 5.40. The standard InChI is InChI=1S/C28H25ClN2O5S/c1-5-13-36-25-20(29)14-18(15-21(25)34-6-2)16-22-26(32)31-24(19-11-9-8-10-12-19)23(27(33)35-7-3)17(4)30-28(31)37-22/h1,8-12,14-16,24H,6-7,13H2,2-4H3/b22-16-/t24-/m0/s1. The van der Waals surface area contributed by atoms with Crippen LogP contribution >= 0.6 is 22.9 Å². The Morgan fingerprint density at radius 2 is 1.97 bits per heavy atom. The largest absolute Gasteiger partial charge is 0.490 e. The van der Waals surface area contributed by atoms with Crippen molar-refractivity contribution in [2.75, 3.05) is 19.8 Å². The molecule has 0 unspecified atom stereocenters. The van der Waals surface area contributed by atoms with E-state index < -0.39 is 12.0 Å². The summed E-state index contributed by atoms with van der Waals surface area (Å²) in [6.45, 7) is 5.98. The number of halogens is 1. The summed E-state index contributed by atoms with van der Waals surface area (Å²) in [4.78, 5) is 31.8. The fraction of sp³-hybridized carbons (Fsp3) is 0.250. The molecular weight excluding hydrogens is 512 g/mol. The van der Waals surface area contributed by atoms with Gasteiger partial charge in [0.1, 0.15) is 6.61 Å². The highest BCUT2D eigenvalue weighted by Crippen LogP contribution is 2.37. The van der Waals surface area contributed by atoms with Crippen molar-refractivity contribution < 1.29 is 19.0 Å². The number of rotatable bonds is 8. The number of esters is 1. The van der Waals surface area contributed by atoms with Crippen LogP contribution in [-0.4, -0.2) is 30.4 Å². The number of carbonyl (C=O) groups is 1. The lowest BCUT2D eigenvalue weighted by molar-refractivity contribution is -0.139. The Labute approximate surface area is 223 Å². The van der Waals surface area contributed by atoms with E-state index in [0.29, 0.717) is 49.3 Å². The van der Waals surface area contributed by atoms with E-state index in [4.69, 9.17) is 32.2 Å². The third kappa shape index (κ3) is 5.33. The van der Waals surface area contributed by atoms with Crippen molar-refractivity contribution in [3.05, 3.63) is 89.6 Å². The number of nitrogens with zero attached hydrogens (tertiary/aromatic N) is 2. The first-order valence-electron chi connectivity index (χ1n) is 11.7. The van der Waals surface area contributed by atoms with E-state index in [1.807, 2.05) is 37.3 Å². The van der Waals surface area contributed by atoms with Crippen molar-refractivity contribution in [1.29, 1.82) is 0 Å². The van der Waals surface area contributed by atoms with Gasteiger partial charge >= 0.3 is 5.97 Å². The van der Waals surface area contributed by atoms with Crippen molar-refractivity contribution in [1.82, 2.24) is 4.57 Å². The molecule has 0 amide bonds. The van der Waals surface area contributed by atoms with E-state index in [2.05, 4.69) is 10.9 Å². The number of allylic oxidation sites excluding steroid dienone is 1. The third-order valence-corrected chi connectivity index (χ3v) is 6.83. The van der Waals surface area contributed by atoms with E-state index >= 15 is 0 Å². The molecule has 0 fully saturated rings. The summed E-state index contributed by atoms with van der Waals surface area (Å²) in [6.07, 6.45) is 7.03. The summed E-state index contributed by atoms with van der Waals surface area (Å²) in [7, 11) is 0. The monoisotopic (exact) mass is 536 g/mol. The van der Waals surface area contributed by atoms with E-state index in [1.54, 1.807) is 36.6 Å². The maximum Gasteiger partial charge on any atom is 0.338 e. The van der Waals surface area contributed by atoms with Gasteiger partial charge in [0, 0.05) is 0 Å². The van der Waals surface area contributed by atoms with Crippen molar-refractivity contribution in [2.45, 2.75) is 26.8 Å². The normalized spacial score (nSPS) is 15.0. The molecule has 0 spiro atoms. The minimum Gasteiger partial charge on any atom is -0.490 e. The van der Waals surface area contributed by atoms with E-state index in [9.17, 15) is 9.59 Å². The Morgan fingerprint density at radius 1 is 1.22 bits per heavy atom. The zero-order valence-electron chi connectivity index (χ0n) is 20.6. The summed E-state index contributed by atoms with van der Waals surface area (Å²) < 4.78 is 18.5. The smallest absolute Gasteiger partial charge is 0.338 e. The molecule has 0 radical (unpaired) electrons. The topological polar surface area (TPSA) is 79.1 Å². The van der Waals surface area contributed by atoms with Gasteiger partial charge in [0.25, 0.3) is 5.56 Å². The first kappa shape index (κ1) is 26.3. The van der Waals surface area contributed by atoms with Crippen LogP contribution in [0.1, 0.15) is 37.9 Å². The second kappa shape index (κ2) is 11.5. The predicted octanol–water partition coefficient (Wildman–Crippen LogP) is 3.86. The molecule has 0 aliphatic carbocycles. The molecule has 0 saturated heterocycles. The molecule has 9 heteroatoms. The first-order valence-corrected chi connectivity index (χ1v) is 12.9. The highest BCUT2D eigenvalue weighted by molar-refractivity contribution is 7.07. The minimum absolute atomic E-state index is 0.0410. The average molecular weight is 537 g/mol. The van der Waals surface area contributed by atoms with Crippen LogP contribution in [-0.2, 0) is 9.53 Å². The summed E-state index contributed by atoms with van der Waals surface area (Å²) >= 11 is 7.70. The molecule has 0 saturated carbocycles. The summed E-state index contributed by atoms with van der Waals surface area (Å²) in [5, 5.41) is 0.308. The Balaban J connectivity index is 1.89. The Hall–Kier alpha value is -3.80. The SMILES string of the molecule is C#CCOc1c(Cl)cc(/C=c2\sc3n(c2=O)[C@@H](c2ccccc2)C(C(=O)OCC)=C(C)N=3)cc1OCC. The Morgan fingerprint density at radius 3 is 2.65 bits per heavy atom. The molecule has 1 atom stereocenters. The number of aromatic nitrogens is 1. The van der Waals surface area contributed by atoms with Gasteiger partial charge in [-0.2, -0.15) is 0 Å². The lowest BCUT2D eigenvalue weighted by Crippen LogP contribution is -2.39. The van der Waals surface area contributed by atoms with Gasteiger partial charge in [-0.1, -0.05) is 59.2 Å². The molecule has 2 heterocycles. The van der Waals surface area contributed by atoms with Crippen LogP contribution in [0.2, 0.25) is 5.02 Å². The molecular formula is C28H25ClN2O5S. The maximum atomic E-state index is 13.7. The van der Waals surface area contributed by atoms with Crippen molar-refractivity contribution in [2.24, 2.45) is 4.99 Å². The first-order chi connectivity index (χ1) is 17.9. The Kier molecular flexibility index (Phi) is 8.17. The van der Waals surface area contributed by atoms with Gasteiger partial charge in [0.05, 0.1) is 40.1 Å². The van der Waals surface area contributed by atoms with Gasteiger partial charge in [-0.15, -0.1) is 6.42 Å².